The molecule has 2 heterocycles. The Morgan fingerprint density at radius 1 is 1.65 bits per heavy atom. The number of carbonyl (C=O) groups is 1. The van der Waals surface area contributed by atoms with Crippen molar-refractivity contribution in [2.45, 2.75) is 19.4 Å². The van der Waals surface area contributed by atoms with E-state index < -0.39 is 0 Å². The predicted molar refractivity (Wildman–Crippen MR) is 63.4 cm³/mol. The van der Waals surface area contributed by atoms with E-state index in [-0.39, 0.29) is 5.91 Å². The summed E-state index contributed by atoms with van der Waals surface area (Å²) >= 11 is 0. The van der Waals surface area contributed by atoms with Gasteiger partial charge in [-0.2, -0.15) is 0 Å². The largest absolute Gasteiger partial charge is 0.381 e. The molecule has 1 atom stereocenters. The summed E-state index contributed by atoms with van der Waals surface area (Å²) in [4.78, 5) is 17.7. The average Bonchev–Trinajstić information content (AvgIpc) is 2.98. The van der Waals surface area contributed by atoms with Gasteiger partial charge in [0.05, 0.1) is 6.33 Å². The number of amides is 1. The Hall–Kier alpha value is -1.36. The summed E-state index contributed by atoms with van der Waals surface area (Å²) < 4.78 is 7.25. The van der Waals surface area contributed by atoms with E-state index in [0.29, 0.717) is 12.3 Å². The van der Waals surface area contributed by atoms with Crippen LogP contribution in [0.4, 0.5) is 0 Å². The lowest BCUT2D eigenvalue weighted by Gasteiger charge is -2.19. The second-order valence-corrected chi connectivity index (χ2v) is 4.55. The van der Waals surface area contributed by atoms with E-state index >= 15 is 0 Å². The molecule has 1 aromatic rings. The van der Waals surface area contributed by atoms with Crippen LogP contribution in [0.5, 0.6) is 0 Å². The molecule has 0 radical (unpaired) electrons. The van der Waals surface area contributed by atoms with Gasteiger partial charge in [0.1, 0.15) is 0 Å². The van der Waals surface area contributed by atoms with Crippen LogP contribution in [0.1, 0.15) is 12.8 Å². The number of nitrogens with zero attached hydrogens (tertiary/aromatic N) is 3. The number of likely N-dealkylation sites (N-methyl/N-ethyl adjacent to an activating group) is 1. The van der Waals surface area contributed by atoms with Crippen LogP contribution in [0.2, 0.25) is 0 Å². The smallest absolute Gasteiger partial charge is 0.222 e. The van der Waals surface area contributed by atoms with E-state index in [4.69, 9.17) is 4.74 Å². The summed E-state index contributed by atoms with van der Waals surface area (Å²) in [6.07, 6.45) is 7.05. The minimum Gasteiger partial charge on any atom is -0.381 e. The Bertz CT molecular complexity index is 345. The highest BCUT2D eigenvalue weighted by molar-refractivity contribution is 5.76. The van der Waals surface area contributed by atoms with Crippen LogP contribution in [-0.4, -0.2) is 47.2 Å². The maximum Gasteiger partial charge on any atom is 0.222 e. The molecule has 1 aliphatic rings. The van der Waals surface area contributed by atoms with Crippen molar-refractivity contribution in [3.8, 4) is 0 Å². The zero-order valence-corrected chi connectivity index (χ0v) is 10.2. The topological polar surface area (TPSA) is 47.4 Å². The first-order chi connectivity index (χ1) is 8.25. The molecule has 1 unspecified atom stereocenters. The molecule has 0 bridgehead atoms. The molecule has 1 saturated heterocycles. The molecule has 5 heteroatoms. The number of ether oxygens (including phenoxy) is 1. The van der Waals surface area contributed by atoms with Crippen LogP contribution >= 0.6 is 0 Å². The van der Waals surface area contributed by atoms with Gasteiger partial charge in [-0.3, -0.25) is 4.79 Å². The monoisotopic (exact) mass is 237 g/mol. The van der Waals surface area contributed by atoms with Gasteiger partial charge < -0.3 is 14.2 Å². The minimum atomic E-state index is 0.209. The summed E-state index contributed by atoms with van der Waals surface area (Å²) in [6.45, 7) is 3.06. The molecule has 0 spiro atoms. The Morgan fingerprint density at radius 3 is 3.18 bits per heavy atom. The molecular formula is C12H19N3O2. The molecule has 1 fully saturated rings. The van der Waals surface area contributed by atoms with Crippen molar-refractivity contribution in [1.82, 2.24) is 14.5 Å². The molecule has 5 nitrogen and oxygen atoms in total. The van der Waals surface area contributed by atoms with Gasteiger partial charge in [0, 0.05) is 52.2 Å². The molecule has 0 N–H and O–H groups in total. The van der Waals surface area contributed by atoms with Crippen molar-refractivity contribution < 1.29 is 9.53 Å². The summed E-state index contributed by atoms with van der Waals surface area (Å²) in [5.74, 6) is 0.624. The van der Waals surface area contributed by atoms with Crippen LogP contribution in [0.3, 0.4) is 0 Å². The van der Waals surface area contributed by atoms with Crippen LogP contribution < -0.4 is 0 Å². The van der Waals surface area contributed by atoms with E-state index in [1.165, 1.54) is 0 Å². The lowest BCUT2D eigenvalue weighted by atomic mass is 10.0. The van der Waals surface area contributed by atoms with Crippen molar-refractivity contribution in [2.75, 3.05) is 26.8 Å². The fourth-order valence-corrected chi connectivity index (χ4v) is 1.96. The third-order valence-corrected chi connectivity index (χ3v) is 3.17. The SMILES string of the molecule is CN(CCn1ccnc1)C(=O)CC1CCOC1. The number of imidazole rings is 1. The summed E-state index contributed by atoms with van der Waals surface area (Å²) in [5, 5.41) is 0. The van der Waals surface area contributed by atoms with Gasteiger partial charge in [-0.1, -0.05) is 0 Å². The molecule has 94 valence electrons. The standard InChI is InChI=1S/C12H19N3O2/c1-14(5-6-15-4-3-13-10-15)12(16)8-11-2-7-17-9-11/h3-4,10-11H,2,5-9H2,1H3. The average molecular weight is 237 g/mol. The van der Waals surface area contributed by atoms with E-state index in [9.17, 15) is 4.79 Å². The van der Waals surface area contributed by atoms with E-state index in [2.05, 4.69) is 4.98 Å². The third kappa shape index (κ3) is 3.56. The zero-order chi connectivity index (χ0) is 12.1. The van der Waals surface area contributed by atoms with Crippen molar-refractivity contribution in [3.63, 3.8) is 0 Å². The maximum atomic E-state index is 11.9. The van der Waals surface area contributed by atoms with Crippen LogP contribution in [0.15, 0.2) is 18.7 Å². The van der Waals surface area contributed by atoms with Crippen molar-refractivity contribution in [3.05, 3.63) is 18.7 Å². The van der Waals surface area contributed by atoms with Gasteiger partial charge in [0.15, 0.2) is 0 Å². The maximum absolute atomic E-state index is 11.9. The van der Waals surface area contributed by atoms with Crippen molar-refractivity contribution in [1.29, 1.82) is 0 Å². The van der Waals surface area contributed by atoms with E-state index in [0.717, 1.165) is 32.7 Å². The normalized spacial score (nSPS) is 19.5. The fourth-order valence-electron chi connectivity index (χ4n) is 1.96. The highest BCUT2D eigenvalue weighted by atomic mass is 16.5. The van der Waals surface area contributed by atoms with Gasteiger partial charge >= 0.3 is 0 Å². The molecule has 2 rings (SSSR count). The first-order valence-electron chi connectivity index (χ1n) is 6.03. The van der Waals surface area contributed by atoms with Crippen LogP contribution in [0, 0.1) is 5.92 Å². The van der Waals surface area contributed by atoms with Crippen molar-refractivity contribution in [2.24, 2.45) is 5.92 Å². The number of carbonyl (C=O) groups excluding carboxylic acids is 1. The molecular weight excluding hydrogens is 218 g/mol. The lowest BCUT2D eigenvalue weighted by Crippen LogP contribution is -2.31. The van der Waals surface area contributed by atoms with Crippen LogP contribution in [-0.2, 0) is 16.1 Å². The lowest BCUT2D eigenvalue weighted by molar-refractivity contribution is -0.131. The predicted octanol–water partition coefficient (Wildman–Crippen LogP) is 0.768. The highest BCUT2D eigenvalue weighted by Gasteiger charge is 2.20. The first-order valence-corrected chi connectivity index (χ1v) is 6.03. The van der Waals surface area contributed by atoms with Gasteiger partial charge in [-0.15, -0.1) is 0 Å². The molecule has 0 aliphatic carbocycles. The summed E-state index contributed by atoms with van der Waals surface area (Å²) in [7, 11) is 1.86. The molecule has 17 heavy (non-hydrogen) atoms. The van der Waals surface area contributed by atoms with Crippen molar-refractivity contribution >= 4 is 5.91 Å². The van der Waals surface area contributed by atoms with Gasteiger partial charge in [-0.05, 0) is 12.3 Å². The number of rotatable bonds is 5. The van der Waals surface area contributed by atoms with Crippen LogP contribution in [0.25, 0.3) is 0 Å². The zero-order valence-electron chi connectivity index (χ0n) is 10.2. The Kier molecular flexibility index (Phi) is 4.14. The second-order valence-electron chi connectivity index (χ2n) is 4.55. The molecule has 0 aromatic carbocycles. The molecule has 1 aromatic heterocycles. The highest BCUT2D eigenvalue weighted by Crippen LogP contribution is 2.17. The quantitative estimate of drug-likeness (QED) is 0.760. The second kappa shape index (κ2) is 5.82. The number of hydrogen-bond acceptors (Lipinski definition) is 3. The summed E-state index contributed by atoms with van der Waals surface area (Å²) in [5.41, 5.74) is 0. The first kappa shape index (κ1) is 12.1. The number of aromatic nitrogens is 2. The summed E-state index contributed by atoms with van der Waals surface area (Å²) in [6, 6.07) is 0. The number of hydrogen-bond donors (Lipinski definition) is 0. The minimum absolute atomic E-state index is 0.209. The Morgan fingerprint density at radius 2 is 2.53 bits per heavy atom. The third-order valence-electron chi connectivity index (χ3n) is 3.17. The van der Waals surface area contributed by atoms with Gasteiger partial charge in [-0.25, -0.2) is 4.98 Å². The fraction of sp³-hybridized carbons (Fsp3) is 0.667. The van der Waals surface area contributed by atoms with Gasteiger partial charge in [0.25, 0.3) is 0 Å². The molecule has 1 aliphatic heterocycles. The van der Waals surface area contributed by atoms with E-state index in [1.807, 2.05) is 17.8 Å². The van der Waals surface area contributed by atoms with E-state index in [1.54, 1.807) is 17.4 Å². The van der Waals surface area contributed by atoms with Gasteiger partial charge in [0.2, 0.25) is 5.91 Å². The molecule has 1 amide bonds. The Balaban J connectivity index is 1.71. The Labute approximate surface area is 101 Å². The molecule has 0 saturated carbocycles.